The summed E-state index contributed by atoms with van der Waals surface area (Å²) in [6, 6.07) is 0.473. The van der Waals surface area contributed by atoms with Gasteiger partial charge in [-0.25, -0.2) is 4.79 Å². The lowest BCUT2D eigenvalue weighted by Crippen LogP contribution is -2.45. The molecule has 4 nitrogen and oxygen atoms in total. The molecule has 2 aliphatic rings. The minimum Gasteiger partial charge on any atom is -0.379 e. The van der Waals surface area contributed by atoms with E-state index in [-0.39, 0.29) is 6.03 Å². The fourth-order valence-corrected chi connectivity index (χ4v) is 2.12. The average molecular weight is 198 g/mol. The topological polar surface area (TPSA) is 32.8 Å². The first-order valence-electron chi connectivity index (χ1n) is 5.38. The summed E-state index contributed by atoms with van der Waals surface area (Å²) >= 11 is 0. The number of nitrogens with zero attached hydrogens (tertiary/aromatic N) is 2. The quantitative estimate of drug-likeness (QED) is 0.627. The molecule has 80 valence electrons. The highest BCUT2D eigenvalue weighted by atomic mass is 16.5. The Morgan fingerprint density at radius 2 is 2.14 bits per heavy atom. The smallest absolute Gasteiger partial charge is 0.320 e. The van der Waals surface area contributed by atoms with Crippen LogP contribution in [-0.4, -0.2) is 55.2 Å². The second-order valence-electron chi connectivity index (χ2n) is 4.11. The van der Waals surface area contributed by atoms with Crippen LogP contribution in [0.25, 0.3) is 0 Å². The van der Waals surface area contributed by atoms with E-state index >= 15 is 0 Å². The fourth-order valence-electron chi connectivity index (χ4n) is 2.12. The molecule has 2 aliphatic heterocycles. The van der Waals surface area contributed by atoms with Gasteiger partial charge in [0, 0.05) is 26.7 Å². The molecule has 14 heavy (non-hydrogen) atoms. The molecule has 0 aliphatic carbocycles. The molecule has 0 aromatic heterocycles. The Balaban J connectivity index is 1.89. The van der Waals surface area contributed by atoms with E-state index in [0.29, 0.717) is 12.6 Å². The van der Waals surface area contributed by atoms with Gasteiger partial charge in [0.05, 0.1) is 12.6 Å². The van der Waals surface area contributed by atoms with Crippen molar-refractivity contribution in [3.05, 3.63) is 0 Å². The van der Waals surface area contributed by atoms with E-state index in [4.69, 9.17) is 4.74 Å². The van der Waals surface area contributed by atoms with Crippen LogP contribution in [0, 0.1) is 0 Å². The Bertz CT molecular complexity index is 208. The number of carbonyl (C=O) groups is 1. The maximum atomic E-state index is 11.9. The Morgan fingerprint density at radius 1 is 1.43 bits per heavy atom. The van der Waals surface area contributed by atoms with E-state index in [2.05, 4.69) is 0 Å². The van der Waals surface area contributed by atoms with Gasteiger partial charge in [0.15, 0.2) is 0 Å². The first-order valence-corrected chi connectivity index (χ1v) is 5.38. The Morgan fingerprint density at radius 3 is 2.71 bits per heavy atom. The van der Waals surface area contributed by atoms with Crippen LogP contribution < -0.4 is 0 Å². The van der Waals surface area contributed by atoms with Gasteiger partial charge in [0.1, 0.15) is 0 Å². The average Bonchev–Trinajstić information content (AvgIpc) is 2.87. The molecule has 2 saturated heterocycles. The summed E-state index contributed by atoms with van der Waals surface area (Å²) in [4.78, 5) is 15.7. The maximum Gasteiger partial charge on any atom is 0.320 e. The third-order valence-electron chi connectivity index (χ3n) is 3.13. The van der Waals surface area contributed by atoms with Crippen molar-refractivity contribution in [2.45, 2.75) is 25.3 Å². The molecule has 1 unspecified atom stereocenters. The number of amides is 2. The number of likely N-dealkylation sites (tertiary alicyclic amines) is 1. The van der Waals surface area contributed by atoms with Crippen LogP contribution >= 0.6 is 0 Å². The second-order valence-corrected chi connectivity index (χ2v) is 4.11. The number of hydrogen-bond donors (Lipinski definition) is 0. The molecule has 0 bridgehead atoms. The third kappa shape index (κ3) is 1.85. The Hall–Kier alpha value is -0.770. The largest absolute Gasteiger partial charge is 0.379 e. The summed E-state index contributed by atoms with van der Waals surface area (Å²) in [6.07, 6.45) is 3.29. The lowest BCUT2D eigenvalue weighted by Gasteiger charge is -2.28. The summed E-state index contributed by atoms with van der Waals surface area (Å²) in [5, 5.41) is 0. The monoisotopic (exact) mass is 198 g/mol. The molecule has 0 radical (unpaired) electrons. The summed E-state index contributed by atoms with van der Waals surface area (Å²) < 4.78 is 5.28. The van der Waals surface area contributed by atoms with Gasteiger partial charge in [-0.3, -0.25) is 0 Å². The number of hydrogen-bond acceptors (Lipinski definition) is 2. The number of likely N-dealkylation sites (N-methyl/N-ethyl adjacent to an activating group) is 1. The van der Waals surface area contributed by atoms with Gasteiger partial charge in [0.25, 0.3) is 0 Å². The van der Waals surface area contributed by atoms with Crippen molar-refractivity contribution in [1.82, 2.24) is 9.80 Å². The summed E-state index contributed by atoms with van der Waals surface area (Å²) in [5.41, 5.74) is 0. The van der Waals surface area contributed by atoms with Crippen LogP contribution in [0.15, 0.2) is 0 Å². The molecule has 4 heteroatoms. The number of urea groups is 1. The highest BCUT2D eigenvalue weighted by molar-refractivity contribution is 5.74. The SMILES string of the molecule is CN(C(=O)N1CCCC1)C1CCOC1. The predicted molar refractivity (Wildman–Crippen MR) is 53.2 cm³/mol. The van der Waals surface area contributed by atoms with E-state index in [1.165, 1.54) is 0 Å². The minimum absolute atomic E-state index is 0.179. The van der Waals surface area contributed by atoms with Crippen molar-refractivity contribution >= 4 is 6.03 Å². The molecule has 2 fully saturated rings. The van der Waals surface area contributed by atoms with Gasteiger partial charge < -0.3 is 14.5 Å². The Kier molecular flexibility index (Phi) is 2.91. The molecule has 0 saturated carbocycles. The van der Waals surface area contributed by atoms with Gasteiger partial charge in [-0.05, 0) is 19.3 Å². The van der Waals surface area contributed by atoms with E-state index in [9.17, 15) is 4.79 Å². The summed E-state index contributed by atoms with van der Waals surface area (Å²) in [6.45, 7) is 3.35. The molecule has 0 aromatic carbocycles. The first-order chi connectivity index (χ1) is 6.79. The van der Waals surface area contributed by atoms with Crippen LogP contribution in [-0.2, 0) is 4.74 Å². The predicted octanol–water partition coefficient (Wildman–Crippen LogP) is 0.923. The van der Waals surface area contributed by atoms with Gasteiger partial charge >= 0.3 is 6.03 Å². The zero-order valence-electron chi connectivity index (χ0n) is 8.74. The zero-order valence-corrected chi connectivity index (χ0v) is 8.74. The van der Waals surface area contributed by atoms with E-state index in [1.807, 2.05) is 16.8 Å². The lowest BCUT2D eigenvalue weighted by atomic mass is 10.2. The molecule has 2 rings (SSSR count). The molecular formula is C10H18N2O2. The summed E-state index contributed by atoms with van der Waals surface area (Å²) in [5.74, 6) is 0. The molecule has 2 amide bonds. The standard InChI is InChI=1S/C10H18N2O2/c1-11(9-4-7-14-8-9)10(13)12-5-2-3-6-12/h9H,2-8H2,1H3. The van der Waals surface area contributed by atoms with Gasteiger partial charge in [-0.2, -0.15) is 0 Å². The highest BCUT2D eigenvalue weighted by Crippen LogP contribution is 2.15. The molecule has 0 N–H and O–H groups in total. The summed E-state index contributed by atoms with van der Waals surface area (Å²) in [7, 11) is 1.89. The van der Waals surface area contributed by atoms with Crippen molar-refractivity contribution in [2.75, 3.05) is 33.4 Å². The van der Waals surface area contributed by atoms with Crippen molar-refractivity contribution in [3.63, 3.8) is 0 Å². The van der Waals surface area contributed by atoms with Crippen LogP contribution in [0.1, 0.15) is 19.3 Å². The van der Waals surface area contributed by atoms with E-state index < -0.39 is 0 Å². The first kappa shape index (κ1) is 9.77. The van der Waals surface area contributed by atoms with Gasteiger partial charge in [0.2, 0.25) is 0 Å². The van der Waals surface area contributed by atoms with Gasteiger partial charge in [-0.1, -0.05) is 0 Å². The van der Waals surface area contributed by atoms with Crippen molar-refractivity contribution in [1.29, 1.82) is 0 Å². The number of ether oxygens (including phenoxy) is 1. The number of rotatable bonds is 1. The highest BCUT2D eigenvalue weighted by Gasteiger charge is 2.28. The van der Waals surface area contributed by atoms with Crippen molar-refractivity contribution in [2.24, 2.45) is 0 Å². The normalized spacial score (nSPS) is 26.9. The second kappa shape index (κ2) is 4.17. The maximum absolute atomic E-state index is 11.9. The third-order valence-corrected chi connectivity index (χ3v) is 3.13. The van der Waals surface area contributed by atoms with Crippen LogP contribution in [0.4, 0.5) is 4.79 Å². The lowest BCUT2D eigenvalue weighted by molar-refractivity contribution is 0.138. The van der Waals surface area contributed by atoms with Gasteiger partial charge in [-0.15, -0.1) is 0 Å². The van der Waals surface area contributed by atoms with E-state index in [0.717, 1.165) is 39.0 Å². The fraction of sp³-hybridized carbons (Fsp3) is 0.900. The molecular weight excluding hydrogens is 180 g/mol. The Labute approximate surface area is 84.8 Å². The molecule has 1 atom stereocenters. The molecule has 0 spiro atoms. The van der Waals surface area contributed by atoms with Crippen LogP contribution in [0.5, 0.6) is 0 Å². The van der Waals surface area contributed by atoms with Crippen LogP contribution in [0.2, 0.25) is 0 Å². The zero-order chi connectivity index (χ0) is 9.97. The minimum atomic E-state index is 0.179. The van der Waals surface area contributed by atoms with E-state index in [1.54, 1.807) is 0 Å². The molecule has 2 heterocycles. The van der Waals surface area contributed by atoms with Crippen molar-refractivity contribution < 1.29 is 9.53 Å². The van der Waals surface area contributed by atoms with Crippen LogP contribution in [0.3, 0.4) is 0 Å². The number of carbonyl (C=O) groups excluding carboxylic acids is 1. The molecule has 0 aromatic rings. The van der Waals surface area contributed by atoms with Crippen molar-refractivity contribution in [3.8, 4) is 0 Å².